The normalized spacial score (nSPS) is 16.2. The van der Waals surface area contributed by atoms with Crippen LogP contribution in [0.2, 0.25) is 0 Å². The lowest BCUT2D eigenvalue weighted by molar-refractivity contribution is 0.0651. The maximum absolute atomic E-state index is 12.2. The number of carbonyl (C=O) groups is 1. The van der Waals surface area contributed by atoms with Crippen molar-refractivity contribution in [2.45, 2.75) is 46.1 Å². The minimum Gasteiger partial charge on any atom is -0.449 e. The van der Waals surface area contributed by atoms with Crippen molar-refractivity contribution in [3.63, 3.8) is 0 Å². The Morgan fingerprint density at radius 1 is 1.32 bits per heavy atom. The molecule has 136 valence electrons. The summed E-state index contributed by atoms with van der Waals surface area (Å²) in [5.41, 5.74) is 2.91. The van der Waals surface area contributed by atoms with Crippen molar-refractivity contribution in [3.8, 4) is 0 Å². The molecule has 6 nitrogen and oxygen atoms in total. The van der Waals surface area contributed by atoms with Gasteiger partial charge in [0.25, 0.3) is 0 Å². The van der Waals surface area contributed by atoms with Gasteiger partial charge in [0.05, 0.1) is 24.4 Å². The van der Waals surface area contributed by atoms with E-state index in [1.165, 1.54) is 0 Å². The highest BCUT2D eigenvalue weighted by atomic mass is 32.1. The van der Waals surface area contributed by atoms with Crippen LogP contribution in [0.1, 0.15) is 51.0 Å². The number of nitrogens with zero attached hydrogens (tertiary/aromatic N) is 4. The summed E-state index contributed by atoms with van der Waals surface area (Å²) in [6, 6.07) is 0. The summed E-state index contributed by atoms with van der Waals surface area (Å²) in [6.45, 7) is 8.84. The summed E-state index contributed by atoms with van der Waals surface area (Å²) in [6.07, 6.45) is 5.50. The molecule has 1 aliphatic rings. The van der Waals surface area contributed by atoms with Crippen LogP contribution in [0.25, 0.3) is 0 Å². The first-order chi connectivity index (χ1) is 11.9. The van der Waals surface area contributed by atoms with Crippen LogP contribution in [0.15, 0.2) is 23.3 Å². The molecule has 1 saturated heterocycles. The largest absolute Gasteiger partial charge is 0.449 e. The molecule has 0 bridgehead atoms. The van der Waals surface area contributed by atoms with E-state index in [-0.39, 0.29) is 11.5 Å². The monoisotopic (exact) mass is 362 g/mol. The van der Waals surface area contributed by atoms with E-state index in [1.807, 2.05) is 22.8 Å². The van der Waals surface area contributed by atoms with Crippen molar-refractivity contribution in [2.75, 3.05) is 19.7 Å². The summed E-state index contributed by atoms with van der Waals surface area (Å²) in [7, 11) is 0. The number of aromatic nitrogens is 3. The third-order valence-electron chi connectivity index (χ3n) is 4.31. The lowest BCUT2D eigenvalue weighted by Crippen LogP contribution is -2.39. The molecule has 25 heavy (non-hydrogen) atoms. The van der Waals surface area contributed by atoms with E-state index in [1.54, 1.807) is 11.3 Å². The molecule has 0 unspecified atom stereocenters. The van der Waals surface area contributed by atoms with Crippen LogP contribution in [0.4, 0.5) is 4.79 Å². The fourth-order valence-corrected chi connectivity index (χ4v) is 3.54. The third kappa shape index (κ3) is 4.81. The fraction of sp³-hybridized carbons (Fsp3) is 0.611. The number of thiazole rings is 1. The Labute approximate surface area is 152 Å². The van der Waals surface area contributed by atoms with Crippen molar-refractivity contribution < 1.29 is 9.53 Å². The first-order valence-electron chi connectivity index (χ1n) is 8.72. The van der Waals surface area contributed by atoms with Gasteiger partial charge in [0, 0.05) is 36.8 Å². The van der Waals surface area contributed by atoms with E-state index in [0.717, 1.165) is 44.0 Å². The number of piperidine rings is 1. The predicted octanol–water partition coefficient (Wildman–Crippen LogP) is 3.75. The minimum atomic E-state index is -0.195. The molecule has 0 saturated carbocycles. The Morgan fingerprint density at radius 2 is 2.08 bits per heavy atom. The molecular weight excluding hydrogens is 336 g/mol. The second-order valence-electron chi connectivity index (χ2n) is 7.77. The van der Waals surface area contributed by atoms with Crippen LogP contribution < -0.4 is 0 Å². The molecule has 7 heteroatoms. The average Bonchev–Trinajstić information content (AvgIpc) is 3.24. The van der Waals surface area contributed by atoms with Crippen molar-refractivity contribution in [2.24, 2.45) is 5.41 Å². The number of rotatable bonds is 4. The summed E-state index contributed by atoms with van der Waals surface area (Å²) in [4.78, 5) is 22.9. The predicted molar refractivity (Wildman–Crippen MR) is 97.8 cm³/mol. The summed E-state index contributed by atoms with van der Waals surface area (Å²) in [5, 5.41) is 2.07. The zero-order valence-electron chi connectivity index (χ0n) is 15.1. The van der Waals surface area contributed by atoms with Gasteiger partial charge in [-0.05, 0) is 18.3 Å². The maximum Gasteiger partial charge on any atom is 0.409 e. The van der Waals surface area contributed by atoms with Gasteiger partial charge in [-0.15, -0.1) is 11.3 Å². The van der Waals surface area contributed by atoms with E-state index in [4.69, 9.17) is 4.74 Å². The fourth-order valence-electron chi connectivity index (χ4n) is 2.99. The molecule has 1 aliphatic heterocycles. The van der Waals surface area contributed by atoms with E-state index < -0.39 is 0 Å². The van der Waals surface area contributed by atoms with Crippen LogP contribution in [0.3, 0.4) is 0 Å². The first-order valence-corrected chi connectivity index (χ1v) is 9.66. The lowest BCUT2D eigenvalue weighted by Gasteiger charge is -2.32. The van der Waals surface area contributed by atoms with Crippen molar-refractivity contribution in [3.05, 3.63) is 34.8 Å². The number of amides is 1. The van der Waals surface area contributed by atoms with Crippen LogP contribution >= 0.6 is 11.3 Å². The summed E-state index contributed by atoms with van der Waals surface area (Å²) >= 11 is 1.61. The quantitative estimate of drug-likeness (QED) is 0.831. The molecule has 3 heterocycles. The SMILES string of the molecule is CC(C)(C)COC(=O)N1CCC(c2nccn2Cc2cscn2)CC1. The molecule has 0 radical (unpaired) electrons. The number of imidazole rings is 1. The number of likely N-dealkylation sites (tertiary alicyclic amines) is 1. The smallest absolute Gasteiger partial charge is 0.409 e. The van der Waals surface area contributed by atoms with Gasteiger partial charge in [0.2, 0.25) is 0 Å². The zero-order chi connectivity index (χ0) is 17.9. The molecule has 0 aliphatic carbocycles. The molecule has 0 spiro atoms. The molecule has 2 aromatic rings. The average molecular weight is 362 g/mol. The topological polar surface area (TPSA) is 60.2 Å². The zero-order valence-corrected chi connectivity index (χ0v) is 16.0. The van der Waals surface area contributed by atoms with E-state index in [0.29, 0.717) is 12.5 Å². The van der Waals surface area contributed by atoms with Gasteiger partial charge in [-0.3, -0.25) is 0 Å². The van der Waals surface area contributed by atoms with Gasteiger partial charge < -0.3 is 14.2 Å². The van der Waals surface area contributed by atoms with Crippen LogP contribution in [0, 0.1) is 5.41 Å². The molecule has 0 atom stereocenters. The van der Waals surface area contributed by atoms with Crippen molar-refractivity contribution in [1.82, 2.24) is 19.4 Å². The molecule has 0 aromatic carbocycles. The molecule has 0 N–H and O–H groups in total. The number of hydrogen-bond donors (Lipinski definition) is 0. The minimum absolute atomic E-state index is 0.00553. The Hall–Kier alpha value is -1.89. The van der Waals surface area contributed by atoms with Gasteiger partial charge in [-0.1, -0.05) is 20.8 Å². The molecule has 1 fully saturated rings. The first kappa shape index (κ1) is 17.9. The molecule has 3 rings (SSSR count). The molecular formula is C18H26N4O2S. The third-order valence-corrected chi connectivity index (χ3v) is 4.95. The van der Waals surface area contributed by atoms with Gasteiger partial charge in [0.1, 0.15) is 5.82 Å². The van der Waals surface area contributed by atoms with Gasteiger partial charge in [-0.2, -0.15) is 0 Å². The van der Waals surface area contributed by atoms with Crippen molar-refractivity contribution in [1.29, 1.82) is 0 Å². The van der Waals surface area contributed by atoms with Gasteiger partial charge in [0.15, 0.2) is 0 Å². The molecule has 2 aromatic heterocycles. The standard InChI is InChI=1S/C18H26N4O2S/c1-18(2,3)12-24-17(23)21-7-4-14(5-8-21)16-19-6-9-22(16)10-15-11-25-13-20-15/h6,9,11,13-14H,4-5,7-8,10,12H2,1-3H3. The second kappa shape index (κ2) is 7.56. The van der Waals surface area contributed by atoms with E-state index in [9.17, 15) is 4.79 Å². The van der Waals surface area contributed by atoms with E-state index >= 15 is 0 Å². The summed E-state index contributed by atoms with van der Waals surface area (Å²) in [5.74, 6) is 1.47. The molecule has 1 amide bonds. The summed E-state index contributed by atoms with van der Waals surface area (Å²) < 4.78 is 7.60. The Kier molecular flexibility index (Phi) is 5.42. The highest BCUT2D eigenvalue weighted by molar-refractivity contribution is 7.07. The van der Waals surface area contributed by atoms with Gasteiger partial charge in [-0.25, -0.2) is 14.8 Å². The van der Waals surface area contributed by atoms with E-state index in [2.05, 4.69) is 40.7 Å². The van der Waals surface area contributed by atoms with Crippen LogP contribution in [-0.2, 0) is 11.3 Å². The van der Waals surface area contributed by atoms with Crippen LogP contribution in [0.5, 0.6) is 0 Å². The highest BCUT2D eigenvalue weighted by Crippen LogP contribution is 2.28. The highest BCUT2D eigenvalue weighted by Gasteiger charge is 2.28. The lowest BCUT2D eigenvalue weighted by atomic mass is 9.96. The Bertz CT molecular complexity index is 682. The van der Waals surface area contributed by atoms with Crippen molar-refractivity contribution >= 4 is 17.4 Å². The Balaban J connectivity index is 1.54. The van der Waals surface area contributed by atoms with Gasteiger partial charge >= 0.3 is 6.09 Å². The number of hydrogen-bond acceptors (Lipinski definition) is 5. The second-order valence-corrected chi connectivity index (χ2v) is 8.49. The maximum atomic E-state index is 12.2. The van der Waals surface area contributed by atoms with Crippen LogP contribution in [-0.4, -0.2) is 45.2 Å². The Morgan fingerprint density at radius 3 is 2.72 bits per heavy atom. The number of carbonyl (C=O) groups excluding carboxylic acids is 1. The number of ether oxygens (including phenoxy) is 1.